The summed E-state index contributed by atoms with van der Waals surface area (Å²) in [6.07, 6.45) is 6.06. The summed E-state index contributed by atoms with van der Waals surface area (Å²) in [6, 6.07) is 3.60. The summed E-state index contributed by atoms with van der Waals surface area (Å²) in [4.78, 5) is 46.2. The van der Waals surface area contributed by atoms with Crippen molar-refractivity contribution in [1.29, 1.82) is 0 Å². The Morgan fingerprint density at radius 3 is 2.08 bits per heavy atom. The van der Waals surface area contributed by atoms with Gasteiger partial charge in [0.25, 0.3) is 0 Å². The number of nitrogens with zero attached hydrogens (tertiary/aromatic N) is 1. The van der Waals surface area contributed by atoms with Gasteiger partial charge in [0.2, 0.25) is 11.7 Å². The van der Waals surface area contributed by atoms with Gasteiger partial charge in [-0.3, -0.25) is 9.59 Å². The summed E-state index contributed by atoms with van der Waals surface area (Å²) in [5, 5.41) is 25.4. The third kappa shape index (κ3) is 10.1. The van der Waals surface area contributed by atoms with Gasteiger partial charge in [0.15, 0.2) is 11.5 Å². The van der Waals surface area contributed by atoms with Crippen LogP contribution in [0.15, 0.2) is 30.4 Å². The summed E-state index contributed by atoms with van der Waals surface area (Å²) >= 11 is 0. The second kappa shape index (κ2) is 16.1. The highest BCUT2D eigenvalue weighted by Gasteiger charge is 2.31. The number of methoxy groups -OCH3 is 3. The summed E-state index contributed by atoms with van der Waals surface area (Å²) in [5.74, 6) is -1.06. The SMILES string of the molecule is COc1cc(C=CCC(=O)N2CCNCC2CC(=O)C2CCNC2)cc(OC)c1OC.O=C([O-])/C=C\C(=O)[O-]. The molecule has 0 spiro atoms. The first-order chi connectivity index (χ1) is 18.7. The largest absolute Gasteiger partial charge is 0.545 e. The van der Waals surface area contributed by atoms with Crippen molar-refractivity contribution in [3.8, 4) is 17.2 Å². The Bertz CT molecular complexity index is 1020. The van der Waals surface area contributed by atoms with E-state index in [-0.39, 0.29) is 30.1 Å². The average molecular weight is 546 g/mol. The number of carboxylic acid groups (broad SMARTS) is 2. The molecule has 1 amide bonds. The van der Waals surface area contributed by atoms with Crippen molar-refractivity contribution in [3.05, 3.63) is 35.9 Å². The molecule has 12 nitrogen and oxygen atoms in total. The van der Waals surface area contributed by atoms with E-state index in [1.54, 1.807) is 21.3 Å². The van der Waals surface area contributed by atoms with E-state index < -0.39 is 11.9 Å². The fourth-order valence-corrected chi connectivity index (χ4v) is 4.35. The molecule has 2 aliphatic heterocycles. The average Bonchev–Trinajstić information content (AvgIpc) is 3.47. The number of carbonyl (C=O) groups is 4. The van der Waals surface area contributed by atoms with Crippen LogP contribution in [0.2, 0.25) is 0 Å². The zero-order chi connectivity index (χ0) is 28.8. The molecule has 1 aromatic carbocycles. The zero-order valence-corrected chi connectivity index (χ0v) is 22.4. The number of nitrogens with one attached hydrogen (secondary N) is 2. The standard InChI is InChI=1S/C23H33N3O5.C4H4O4/c1-29-20-11-16(12-21(30-2)23(20)31-3)5-4-6-22(28)26-10-9-25-15-18(26)13-19(27)17-7-8-24-14-17;5-3(6)1-2-4(7)8/h4-5,11-12,17-18,24-25H,6-10,13-15H2,1-3H3;1-2H,(H,5,6)(H,7,8)/p-2/b;2-1-. The number of hydrogen-bond acceptors (Lipinski definition) is 11. The number of carbonyl (C=O) groups excluding carboxylic acids is 4. The molecular weight excluding hydrogens is 510 g/mol. The molecule has 0 saturated carbocycles. The van der Waals surface area contributed by atoms with Crippen molar-refractivity contribution in [2.24, 2.45) is 5.92 Å². The molecule has 1 aromatic rings. The van der Waals surface area contributed by atoms with Crippen LogP contribution in [0.1, 0.15) is 24.8 Å². The highest BCUT2D eigenvalue weighted by atomic mass is 16.5. The molecule has 3 rings (SSSR count). The molecule has 2 saturated heterocycles. The van der Waals surface area contributed by atoms with E-state index in [4.69, 9.17) is 14.2 Å². The molecule has 2 aliphatic rings. The van der Waals surface area contributed by atoms with Gasteiger partial charge in [-0.15, -0.1) is 0 Å². The van der Waals surface area contributed by atoms with Crippen LogP contribution in [0.4, 0.5) is 0 Å². The second-order valence-electron chi connectivity index (χ2n) is 8.84. The van der Waals surface area contributed by atoms with E-state index >= 15 is 0 Å². The van der Waals surface area contributed by atoms with Crippen LogP contribution in [0.5, 0.6) is 17.2 Å². The van der Waals surface area contributed by atoms with Crippen LogP contribution in [0.25, 0.3) is 6.08 Å². The van der Waals surface area contributed by atoms with E-state index in [0.717, 1.165) is 31.6 Å². The number of rotatable bonds is 11. The fraction of sp³-hybridized carbons (Fsp3) is 0.481. The third-order valence-electron chi connectivity index (χ3n) is 6.27. The zero-order valence-electron chi connectivity index (χ0n) is 22.4. The van der Waals surface area contributed by atoms with E-state index in [1.807, 2.05) is 29.2 Å². The number of Topliss-reactive ketones (excluding diaryl/α,β-unsaturated/α-hetero) is 1. The molecule has 2 fully saturated rings. The van der Waals surface area contributed by atoms with Gasteiger partial charge < -0.3 is 49.5 Å². The van der Waals surface area contributed by atoms with Crippen LogP contribution in [0, 0.1) is 5.92 Å². The molecule has 0 aliphatic carbocycles. The van der Waals surface area contributed by atoms with Gasteiger partial charge in [-0.1, -0.05) is 12.2 Å². The van der Waals surface area contributed by atoms with Gasteiger partial charge in [-0.2, -0.15) is 0 Å². The maximum absolute atomic E-state index is 12.9. The third-order valence-corrected chi connectivity index (χ3v) is 6.27. The number of ketones is 1. The Hall–Kier alpha value is -3.90. The minimum Gasteiger partial charge on any atom is -0.545 e. The van der Waals surface area contributed by atoms with Gasteiger partial charge >= 0.3 is 0 Å². The van der Waals surface area contributed by atoms with Crippen molar-refractivity contribution < 1.29 is 43.6 Å². The van der Waals surface area contributed by atoms with Crippen LogP contribution in [0.3, 0.4) is 0 Å². The summed E-state index contributed by atoms with van der Waals surface area (Å²) in [6.45, 7) is 3.68. The first-order valence-electron chi connectivity index (χ1n) is 12.5. The number of benzene rings is 1. The van der Waals surface area contributed by atoms with Crippen molar-refractivity contribution in [3.63, 3.8) is 0 Å². The predicted octanol–water partition coefficient (Wildman–Crippen LogP) is -1.47. The fourth-order valence-electron chi connectivity index (χ4n) is 4.35. The molecule has 0 aromatic heterocycles. The lowest BCUT2D eigenvalue weighted by atomic mass is 9.95. The Morgan fingerprint density at radius 1 is 0.949 bits per heavy atom. The highest BCUT2D eigenvalue weighted by Crippen LogP contribution is 2.38. The quantitative estimate of drug-likeness (QED) is 0.311. The molecule has 12 heteroatoms. The minimum atomic E-state index is -1.55. The first-order valence-corrected chi connectivity index (χ1v) is 12.5. The molecule has 2 unspecified atom stereocenters. The first kappa shape index (κ1) is 31.3. The van der Waals surface area contributed by atoms with E-state index in [0.29, 0.717) is 48.9 Å². The molecule has 2 atom stereocenters. The van der Waals surface area contributed by atoms with Gasteiger partial charge in [-0.25, -0.2) is 0 Å². The highest BCUT2D eigenvalue weighted by molar-refractivity contribution is 5.87. The number of aliphatic carboxylic acids is 2. The molecule has 39 heavy (non-hydrogen) atoms. The van der Waals surface area contributed by atoms with Gasteiger partial charge in [0.05, 0.1) is 39.3 Å². The monoisotopic (exact) mass is 545 g/mol. The van der Waals surface area contributed by atoms with Gasteiger partial charge in [0.1, 0.15) is 5.78 Å². The smallest absolute Gasteiger partial charge is 0.226 e. The van der Waals surface area contributed by atoms with Gasteiger partial charge in [0, 0.05) is 44.9 Å². The minimum absolute atomic E-state index is 0.0348. The van der Waals surface area contributed by atoms with E-state index in [9.17, 15) is 29.4 Å². The summed E-state index contributed by atoms with van der Waals surface area (Å²) in [5.41, 5.74) is 0.850. The Morgan fingerprint density at radius 2 is 1.56 bits per heavy atom. The van der Waals surface area contributed by atoms with Crippen LogP contribution in [-0.2, 0) is 19.2 Å². The second-order valence-corrected chi connectivity index (χ2v) is 8.84. The molecular formula is C27H35N3O9-2. The summed E-state index contributed by atoms with van der Waals surface area (Å²) < 4.78 is 16.1. The normalized spacial score (nSPS) is 18.9. The van der Waals surface area contributed by atoms with Crippen LogP contribution >= 0.6 is 0 Å². The number of carboxylic acids is 2. The lowest BCUT2D eigenvalue weighted by molar-refractivity contribution is -0.301. The molecule has 2 N–H and O–H groups in total. The van der Waals surface area contributed by atoms with Gasteiger partial charge in [-0.05, 0) is 42.8 Å². The molecule has 214 valence electrons. The topological polar surface area (TPSA) is 169 Å². The van der Waals surface area contributed by atoms with Crippen molar-refractivity contribution in [2.45, 2.75) is 25.3 Å². The molecule has 2 heterocycles. The Kier molecular flexibility index (Phi) is 13.0. The lowest BCUT2D eigenvalue weighted by Gasteiger charge is -2.36. The van der Waals surface area contributed by atoms with E-state index in [1.165, 1.54) is 0 Å². The lowest BCUT2D eigenvalue weighted by Crippen LogP contribution is -2.54. The van der Waals surface area contributed by atoms with E-state index in [2.05, 4.69) is 10.6 Å². The maximum atomic E-state index is 12.9. The molecule has 0 radical (unpaired) electrons. The Balaban J connectivity index is 0.000000580. The predicted molar refractivity (Wildman–Crippen MR) is 138 cm³/mol. The van der Waals surface area contributed by atoms with Crippen molar-refractivity contribution in [2.75, 3.05) is 54.1 Å². The number of hydrogen-bond donors (Lipinski definition) is 2. The van der Waals surface area contributed by atoms with Crippen molar-refractivity contribution >= 4 is 29.7 Å². The summed E-state index contributed by atoms with van der Waals surface area (Å²) in [7, 11) is 4.70. The van der Waals surface area contributed by atoms with Crippen molar-refractivity contribution in [1.82, 2.24) is 15.5 Å². The number of piperazine rings is 1. The van der Waals surface area contributed by atoms with Crippen LogP contribution in [-0.4, -0.2) is 88.6 Å². The van der Waals surface area contributed by atoms with Crippen LogP contribution < -0.4 is 35.1 Å². The Labute approximate surface area is 227 Å². The number of ether oxygens (including phenoxy) is 3. The molecule has 0 bridgehead atoms. The maximum Gasteiger partial charge on any atom is 0.226 e. The number of amides is 1.